The Hall–Kier alpha value is -3.51. The fourth-order valence-electron chi connectivity index (χ4n) is 4.00. The van der Waals surface area contributed by atoms with Gasteiger partial charge in [-0.05, 0) is 60.2 Å². The van der Waals surface area contributed by atoms with E-state index in [0.717, 1.165) is 30.4 Å². The third-order valence-corrected chi connectivity index (χ3v) is 5.72. The number of carbonyl (C=O) groups is 2. The lowest BCUT2D eigenvalue weighted by molar-refractivity contribution is -0.122. The molecule has 1 heterocycles. The number of amides is 2. The third kappa shape index (κ3) is 4.98. The Morgan fingerprint density at radius 1 is 1.03 bits per heavy atom. The van der Waals surface area contributed by atoms with Crippen LogP contribution in [-0.2, 0) is 11.2 Å². The highest BCUT2D eigenvalue weighted by Gasteiger charge is 2.26. The van der Waals surface area contributed by atoms with E-state index in [1.807, 2.05) is 30.3 Å². The van der Waals surface area contributed by atoms with Gasteiger partial charge in [-0.15, -0.1) is 0 Å². The van der Waals surface area contributed by atoms with Crippen molar-refractivity contribution in [3.05, 3.63) is 95.3 Å². The molecule has 2 amide bonds. The molecule has 0 radical (unpaired) electrons. The van der Waals surface area contributed by atoms with Crippen LogP contribution in [0, 0.1) is 0 Å². The number of nitrogens with one attached hydrogen (secondary N) is 2. The van der Waals surface area contributed by atoms with Crippen LogP contribution >= 0.6 is 0 Å². The lowest BCUT2D eigenvalue weighted by Crippen LogP contribution is -2.36. The van der Waals surface area contributed by atoms with Gasteiger partial charge in [0.25, 0.3) is 5.91 Å². The predicted molar refractivity (Wildman–Crippen MR) is 121 cm³/mol. The summed E-state index contributed by atoms with van der Waals surface area (Å²) >= 11 is 0. The lowest BCUT2D eigenvalue weighted by Gasteiger charge is -2.25. The first kappa shape index (κ1) is 20.8. The van der Waals surface area contributed by atoms with Crippen molar-refractivity contribution >= 4 is 17.5 Å². The molecule has 6 heteroatoms. The third-order valence-electron chi connectivity index (χ3n) is 5.72. The number of aromatic nitrogens is 1. The van der Waals surface area contributed by atoms with Gasteiger partial charge in [0.2, 0.25) is 5.91 Å². The molecule has 158 valence electrons. The largest absolute Gasteiger partial charge is 0.354 e. The molecule has 6 nitrogen and oxygen atoms in total. The molecule has 4 N–H and O–H groups in total. The first-order valence-corrected chi connectivity index (χ1v) is 10.5. The quantitative estimate of drug-likeness (QED) is 0.574. The van der Waals surface area contributed by atoms with Crippen LogP contribution in [0.5, 0.6) is 0 Å². The average Bonchev–Trinajstić information content (AvgIpc) is 2.82. The van der Waals surface area contributed by atoms with Crippen LogP contribution in [0.15, 0.2) is 73.1 Å². The van der Waals surface area contributed by atoms with E-state index in [1.54, 1.807) is 36.7 Å². The van der Waals surface area contributed by atoms with Gasteiger partial charge in [-0.3, -0.25) is 14.6 Å². The van der Waals surface area contributed by atoms with Crippen LogP contribution in [0.4, 0.5) is 5.69 Å². The van der Waals surface area contributed by atoms with E-state index >= 15 is 0 Å². The number of rotatable bonds is 6. The van der Waals surface area contributed by atoms with Crippen molar-refractivity contribution in [1.82, 2.24) is 10.3 Å². The van der Waals surface area contributed by atoms with E-state index in [2.05, 4.69) is 21.7 Å². The van der Waals surface area contributed by atoms with Crippen molar-refractivity contribution in [3.8, 4) is 0 Å². The molecule has 1 aliphatic rings. The van der Waals surface area contributed by atoms with Crippen molar-refractivity contribution in [2.45, 2.75) is 31.2 Å². The number of anilines is 1. The summed E-state index contributed by atoms with van der Waals surface area (Å²) in [6, 6.07) is 18.4. The van der Waals surface area contributed by atoms with Gasteiger partial charge < -0.3 is 16.4 Å². The van der Waals surface area contributed by atoms with Gasteiger partial charge in [-0.2, -0.15) is 0 Å². The second-order valence-corrected chi connectivity index (χ2v) is 7.81. The molecule has 1 aromatic heterocycles. The second-order valence-electron chi connectivity index (χ2n) is 7.81. The van der Waals surface area contributed by atoms with Gasteiger partial charge in [0, 0.05) is 36.2 Å². The zero-order chi connectivity index (χ0) is 21.6. The van der Waals surface area contributed by atoms with Crippen LogP contribution in [0.3, 0.4) is 0 Å². The van der Waals surface area contributed by atoms with E-state index in [-0.39, 0.29) is 23.8 Å². The summed E-state index contributed by atoms with van der Waals surface area (Å²) in [5, 5.41) is 5.84. The lowest BCUT2D eigenvalue weighted by atomic mass is 9.82. The van der Waals surface area contributed by atoms with Gasteiger partial charge in [0.1, 0.15) is 0 Å². The number of carbonyl (C=O) groups excluding carboxylic acids is 2. The monoisotopic (exact) mass is 414 g/mol. The molecule has 0 saturated heterocycles. The van der Waals surface area contributed by atoms with Crippen LogP contribution in [0.1, 0.15) is 51.8 Å². The molecule has 0 aliphatic heterocycles. The molecule has 0 unspecified atom stereocenters. The van der Waals surface area contributed by atoms with Crippen molar-refractivity contribution in [2.75, 3.05) is 11.9 Å². The maximum Gasteiger partial charge on any atom is 0.255 e. The fourth-order valence-corrected chi connectivity index (χ4v) is 4.00. The van der Waals surface area contributed by atoms with Crippen LogP contribution in [0.25, 0.3) is 0 Å². The highest BCUT2D eigenvalue weighted by atomic mass is 16.2. The molecule has 31 heavy (non-hydrogen) atoms. The topological polar surface area (TPSA) is 97.1 Å². The van der Waals surface area contributed by atoms with E-state index in [9.17, 15) is 9.59 Å². The molecule has 0 saturated carbocycles. The number of fused-ring (bicyclic) bond motifs is 1. The van der Waals surface area contributed by atoms with Crippen molar-refractivity contribution in [3.63, 3.8) is 0 Å². The maximum atomic E-state index is 12.8. The Labute approximate surface area is 181 Å². The van der Waals surface area contributed by atoms with Gasteiger partial charge in [-0.25, -0.2) is 0 Å². The first-order chi connectivity index (χ1) is 15.1. The number of aryl methyl sites for hydroxylation is 1. The number of nitrogens with two attached hydrogens (primary N) is 1. The number of hydrogen-bond acceptors (Lipinski definition) is 4. The molecule has 0 bridgehead atoms. The summed E-state index contributed by atoms with van der Waals surface area (Å²) in [5.74, 6) is -0.289. The minimum Gasteiger partial charge on any atom is -0.354 e. The summed E-state index contributed by atoms with van der Waals surface area (Å²) < 4.78 is 0. The number of nitrogens with zero attached hydrogens (tertiary/aromatic N) is 1. The normalized spacial score (nSPS) is 16.1. The standard InChI is InChI=1S/C25H26N4O2/c26-23(16-28-25(31)22-7-3-5-17-4-1-2-6-21(17)22)18-8-10-19(11-9-18)24(30)29-20-12-14-27-15-13-20/h1-2,4,6,8-15,22-23H,3,5,7,16,26H2,(H,28,31)(H,27,29,30)/t22-,23+/m1/s1. The predicted octanol–water partition coefficient (Wildman–Crippen LogP) is 3.57. The molecule has 2 atom stereocenters. The van der Waals surface area contributed by atoms with E-state index in [4.69, 9.17) is 5.73 Å². The fraction of sp³-hybridized carbons (Fsp3) is 0.240. The molecule has 0 spiro atoms. The molecule has 1 aliphatic carbocycles. The SMILES string of the molecule is N[C@@H](CNC(=O)[C@@H]1CCCc2ccccc21)c1ccc(C(=O)Nc2ccncc2)cc1. The van der Waals surface area contributed by atoms with Crippen LogP contribution in [0.2, 0.25) is 0 Å². The van der Waals surface area contributed by atoms with Gasteiger partial charge in [0.15, 0.2) is 0 Å². The summed E-state index contributed by atoms with van der Waals surface area (Å²) in [6.45, 7) is 0.347. The zero-order valence-electron chi connectivity index (χ0n) is 17.3. The van der Waals surface area contributed by atoms with E-state index in [0.29, 0.717) is 17.8 Å². The minimum atomic E-state index is -0.347. The Morgan fingerprint density at radius 2 is 1.77 bits per heavy atom. The van der Waals surface area contributed by atoms with Crippen molar-refractivity contribution < 1.29 is 9.59 Å². The Bertz CT molecular complexity index is 1050. The molecule has 0 fully saturated rings. The van der Waals surface area contributed by atoms with Gasteiger partial charge in [-0.1, -0.05) is 36.4 Å². The highest BCUT2D eigenvalue weighted by molar-refractivity contribution is 6.04. The highest BCUT2D eigenvalue weighted by Crippen LogP contribution is 2.31. The number of pyridine rings is 1. The molecular formula is C25H26N4O2. The second kappa shape index (κ2) is 9.53. The van der Waals surface area contributed by atoms with Crippen LogP contribution < -0.4 is 16.4 Å². The summed E-state index contributed by atoms with van der Waals surface area (Å²) in [5.41, 5.74) is 10.8. The first-order valence-electron chi connectivity index (χ1n) is 10.5. The molecular weight excluding hydrogens is 388 g/mol. The maximum absolute atomic E-state index is 12.8. The Balaban J connectivity index is 1.33. The van der Waals surface area contributed by atoms with E-state index < -0.39 is 0 Å². The van der Waals surface area contributed by atoms with Gasteiger partial charge >= 0.3 is 0 Å². The number of benzene rings is 2. The Morgan fingerprint density at radius 3 is 2.55 bits per heavy atom. The summed E-state index contributed by atoms with van der Waals surface area (Å²) in [4.78, 5) is 29.1. The van der Waals surface area contributed by atoms with Crippen LogP contribution in [-0.4, -0.2) is 23.3 Å². The Kier molecular flexibility index (Phi) is 6.38. The number of hydrogen-bond donors (Lipinski definition) is 3. The molecule has 3 aromatic rings. The van der Waals surface area contributed by atoms with Gasteiger partial charge in [0.05, 0.1) is 5.92 Å². The smallest absolute Gasteiger partial charge is 0.255 e. The molecule has 2 aromatic carbocycles. The molecule has 4 rings (SSSR count). The van der Waals surface area contributed by atoms with Crippen molar-refractivity contribution in [1.29, 1.82) is 0 Å². The average molecular weight is 415 g/mol. The summed E-state index contributed by atoms with van der Waals surface area (Å²) in [7, 11) is 0. The summed E-state index contributed by atoms with van der Waals surface area (Å²) in [6.07, 6.45) is 6.15. The minimum absolute atomic E-state index is 0.0240. The van der Waals surface area contributed by atoms with Crippen molar-refractivity contribution in [2.24, 2.45) is 5.73 Å². The zero-order valence-corrected chi connectivity index (χ0v) is 17.3. The van der Waals surface area contributed by atoms with E-state index in [1.165, 1.54) is 5.56 Å².